The van der Waals surface area contributed by atoms with Crippen molar-refractivity contribution in [2.45, 2.75) is 76.3 Å². The van der Waals surface area contributed by atoms with Gasteiger partial charge in [-0.1, -0.05) is 32.1 Å². The van der Waals surface area contributed by atoms with Crippen LogP contribution in [0.4, 0.5) is 0 Å². The molecule has 0 spiro atoms. The summed E-state index contributed by atoms with van der Waals surface area (Å²) in [5, 5.41) is 2.82. The Balaban J connectivity index is 1.81. The first kappa shape index (κ1) is 17.3. The van der Waals surface area contributed by atoms with Gasteiger partial charge in [0.25, 0.3) is 0 Å². The first-order valence-electron chi connectivity index (χ1n) is 8.74. The Bertz CT molecular complexity index is 403. The normalized spacial score (nSPS) is 29.9. The van der Waals surface area contributed by atoms with Crippen molar-refractivity contribution in [2.75, 3.05) is 13.6 Å². The monoisotopic (exact) mass is 309 g/mol. The van der Waals surface area contributed by atoms with Gasteiger partial charge in [-0.2, -0.15) is 0 Å². The number of rotatable bonds is 4. The molecule has 0 aromatic heterocycles. The molecule has 2 fully saturated rings. The maximum atomic E-state index is 12.4. The van der Waals surface area contributed by atoms with E-state index in [0.717, 1.165) is 38.5 Å². The third kappa shape index (κ3) is 4.22. The van der Waals surface area contributed by atoms with E-state index in [2.05, 4.69) is 5.32 Å². The molecule has 2 aliphatic rings. The third-order valence-corrected chi connectivity index (χ3v) is 5.50. The summed E-state index contributed by atoms with van der Waals surface area (Å²) in [6, 6.07) is 0.340. The molecule has 5 nitrogen and oxygen atoms in total. The molecular formula is C17H31N3O2. The second-order valence-corrected chi connectivity index (χ2v) is 7.32. The van der Waals surface area contributed by atoms with E-state index in [9.17, 15) is 9.59 Å². The lowest BCUT2D eigenvalue weighted by Crippen LogP contribution is -2.54. The number of hydrogen-bond acceptors (Lipinski definition) is 3. The topological polar surface area (TPSA) is 75.4 Å². The SMILES string of the molecule is CN(C(=O)CNC(=O)C1CCCCC1(C)N)C1CCCCC1. The lowest BCUT2D eigenvalue weighted by molar-refractivity contribution is -0.136. The zero-order valence-electron chi connectivity index (χ0n) is 14.1. The van der Waals surface area contributed by atoms with E-state index >= 15 is 0 Å². The second kappa shape index (κ2) is 7.44. The van der Waals surface area contributed by atoms with Gasteiger partial charge < -0.3 is 16.0 Å². The minimum Gasteiger partial charge on any atom is -0.347 e. The van der Waals surface area contributed by atoms with Crippen molar-refractivity contribution in [1.29, 1.82) is 0 Å². The lowest BCUT2D eigenvalue weighted by atomic mass is 9.74. The number of carbonyl (C=O) groups excluding carboxylic acids is 2. The van der Waals surface area contributed by atoms with Gasteiger partial charge in [0, 0.05) is 18.6 Å². The summed E-state index contributed by atoms with van der Waals surface area (Å²) < 4.78 is 0. The molecule has 2 saturated carbocycles. The molecule has 0 aromatic carbocycles. The zero-order valence-corrected chi connectivity index (χ0v) is 14.1. The van der Waals surface area contributed by atoms with Crippen LogP contribution in [0.3, 0.4) is 0 Å². The third-order valence-electron chi connectivity index (χ3n) is 5.50. The second-order valence-electron chi connectivity index (χ2n) is 7.32. The van der Waals surface area contributed by atoms with Crippen molar-refractivity contribution in [3.05, 3.63) is 0 Å². The molecule has 5 heteroatoms. The summed E-state index contributed by atoms with van der Waals surface area (Å²) in [7, 11) is 1.86. The van der Waals surface area contributed by atoms with Gasteiger partial charge in [0.05, 0.1) is 12.5 Å². The highest BCUT2D eigenvalue weighted by Gasteiger charge is 2.37. The van der Waals surface area contributed by atoms with Gasteiger partial charge >= 0.3 is 0 Å². The predicted molar refractivity (Wildman–Crippen MR) is 87.2 cm³/mol. The van der Waals surface area contributed by atoms with Crippen molar-refractivity contribution in [3.63, 3.8) is 0 Å². The fourth-order valence-electron chi connectivity index (χ4n) is 3.87. The maximum absolute atomic E-state index is 12.4. The van der Waals surface area contributed by atoms with E-state index in [-0.39, 0.29) is 24.3 Å². The van der Waals surface area contributed by atoms with Crippen LogP contribution in [0.5, 0.6) is 0 Å². The molecule has 2 atom stereocenters. The summed E-state index contributed by atoms with van der Waals surface area (Å²) in [6.45, 7) is 2.05. The van der Waals surface area contributed by atoms with Gasteiger partial charge in [0.2, 0.25) is 11.8 Å². The van der Waals surface area contributed by atoms with E-state index in [4.69, 9.17) is 5.73 Å². The molecule has 2 unspecified atom stereocenters. The summed E-state index contributed by atoms with van der Waals surface area (Å²) >= 11 is 0. The standard InChI is InChI=1S/C17H31N3O2/c1-17(18)11-7-6-10-14(17)16(22)19-12-15(21)20(2)13-8-4-3-5-9-13/h13-14H,3-12,18H2,1-2H3,(H,19,22). The van der Waals surface area contributed by atoms with Crippen LogP contribution in [0.15, 0.2) is 0 Å². The Kier molecular flexibility index (Phi) is 5.84. The zero-order chi connectivity index (χ0) is 16.2. The van der Waals surface area contributed by atoms with Crippen LogP contribution in [-0.4, -0.2) is 41.9 Å². The first-order chi connectivity index (χ1) is 10.4. The van der Waals surface area contributed by atoms with Crippen molar-refractivity contribution >= 4 is 11.8 Å². The predicted octanol–water partition coefficient (Wildman–Crippen LogP) is 1.80. The lowest BCUT2D eigenvalue weighted by Gasteiger charge is -2.37. The van der Waals surface area contributed by atoms with E-state index in [1.807, 2.05) is 18.9 Å². The summed E-state index contributed by atoms with van der Waals surface area (Å²) in [5.74, 6) is -0.223. The minimum atomic E-state index is -0.444. The average Bonchev–Trinajstić information content (AvgIpc) is 2.52. The van der Waals surface area contributed by atoms with Gasteiger partial charge in [0.15, 0.2) is 0 Å². The number of amides is 2. The summed E-state index contributed by atoms with van der Waals surface area (Å²) in [6.07, 6.45) is 9.66. The number of likely N-dealkylation sites (N-methyl/N-ethyl adjacent to an activating group) is 1. The Labute approximate surface area is 134 Å². The number of hydrogen-bond donors (Lipinski definition) is 2. The van der Waals surface area contributed by atoms with Crippen LogP contribution < -0.4 is 11.1 Å². The minimum absolute atomic E-state index is 0.00906. The molecule has 126 valence electrons. The van der Waals surface area contributed by atoms with E-state index < -0.39 is 5.54 Å². The summed E-state index contributed by atoms with van der Waals surface area (Å²) in [5.41, 5.74) is 5.81. The molecule has 2 aliphatic carbocycles. The number of carbonyl (C=O) groups is 2. The molecule has 0 heterocycles. The largest absolute Gasteiger partial charge is 0.347 e. The van der Waals surface area contributed by atoms with Crippen LogP contribution in [-0.2, 0) is 9.59 Å². The van der Waals surface area contributed by atoms with Gasteiger partial charge in [-0.3, -0.25) is 9.59 Å². The van der Waals surface area contributed by atoms with Crippen LogP contribution in [0.25, 0.3) is 0 Å². The number of nitrogens with two attached hydrogens (primary N) is 1. The van der Waals surface area contributed by atoms with Gasteiger partial charge in [0.1, 0.15) is 0 Å². The van der Waals surface area contributed by atoms with Crippen molar-refractivity contribution in [2.24, 2.45) is 11.7 Å². The average molecular weight is 309 g/mol. The Morgan fingerprint density at radius 3 is 2.41 bits per heavy atom. The van der Waals surface area contributed by atoms with Crippen LogP contribution >= 0.6 is 0 Å². The molecule has 0 aromatic rings. The highest BCUT2D eigenvalue weighted by molar-refractivity contribution is 5.86. The molecule has 22 heavy (non-hydrogen) atoms. The molecule has 0 saturated heterocycles. The highest BCUT2D eigenvalue weighted by Crippen LogP contribution is 2.31. The molecule has 3 N–H and O–H groups in total. The molecular weight excluding hydrogens is 278 g/mol. The molecule has 2 amide bonds. The first-order valence-corrected chi connectivity index (χ1v) is 8.74. The Morgan fingerprint density at radius 1 is 1.14 bits per heavy atom. The highest BCUT2D eigenvalue weighted by atomic mass is 16.2. The van der Waals surface area contributed by atoms with E-state index in [1.165, 1.54) is 19.3 Å². The van der Waals surface area contributed by atoms with Crippen LogP contribution in [0.1, 0.15) is 64.7 Å². The molecule has 2 rings (SSSR count). The Morgan fingerprint density at radius 2 is 1.77 bits per heavy atom. The molecule has 0 bridgehead atoms. The fraction of sp³-hybridized carbons (Fsp3) is 0.882. The fourth-order valence-corrected chi connectivity index (χ4v) is 3.87. The smallest absolute Gasteiger partial charge is 0.241 e. The van der Waals surface area contributed by atoms with Crippen LogP contribution in [0.2, 0.25) is 0 Å². The number of nitrogens with zero attached hydrogens (tertiary/aromatic N) is 1. The quantitative estimate of drug-likeness (QED) is 0.831. The Hall–Kier alpha value is -1.10. The van der Waals surface area contributed by atoms with E-state index in [1.54, 1.807) is 0 Å². The van der Waals surface area contributed by atoms with Gasteiger partial charge in [-0.25, -0.2) is 0 Å². The molecule has 0 radical (unpaired) electrons. The summed E-state index contributed by atoms with van der Waals surface area (Å²) in [4.78, 5) is 26.4. The number of nitrogens with one attached hydrogen (secondary N) is 1. The van der Waals surface area contributed by atoms with Gasteiger partial charge in [-0.05, 0) is 32.6 Å². The van der Waals surface area contributed by atoms with Crippen molar-refractivity contribution in [1.82, 2.24) is 10.2 Å². The van der Waals surface area contributed by atoms with Crippen molar-refractivity contribution in [3.8, 4) is 0 Å². The van der Waals surface area contributed by atoms with Gasteiger partial charge in [-0.15, -0.1) is 0 Å². The maximum Gasteiger partial charge on any atom is 0.241 e. The van der Waals surface area contributed by atoms with Crippen molar-refractivity contribution < 1.29 is 9.59 Å². The van der Waals surface area contributed by atoms with Crippen LogP contribution in [0, 0.1) is 5.92 Å². The molecule has 0 aliphatic heterocycles. The van der Waals surface area contributed by atoms with E-state index in [0.29, 0.717) is 6.04 Å².